The summed E-state index contributed by atoms with van der Waals surface area (Å²) < 4.78 is 73.0. The van der Waals surface area contributed by atoms with Crippen molar-refractivity contribution in [2.75, 3.05) is 285 Å². The zero-order valence-corrected chi connectivity index (χ0v) is 97.4. The van der Waals surface area contributed by atoms with Crippen LogP contribution in [0.3, 0.4) is 0 Å². The van der Waals surface area contributed by atoms with Crippen molar-refractivity contribution in [2.45, 2.75) is 205 Å². The van der Waals surface area contributed by atoms with Crippen LogP contribution in [-0.2, 0) is 80.7 Å². The Hall–Kier alpha value is 1.24. The number of unbranched alkanes of at least 4 members (excludes halogenated alkanes) is 20. The van der Waals surface area contributed by atoms with Crippen molar-refractivity contribution in [1.29, 1.82) is 0 Å². The van der Waals surface area contributed by atoms with E-state index in [1.807, 2.05) is 14.1 Å². The molecule has 0 saturated heterocycles. The number of rotatable bonds is 71. The molecule has 29 nitrogen and oxygen atoms in total. The van der Waals surface area contributed by atoms with Gasteiger partial charge in [0.15, 0.2) is 0 Å². The van der Waals surface area contributed by atoms with Crippen LogP contribution >= 0.6 is 205 Å². The normalized spacial score (nSPS) is 9.70. The number of esters is 1. The SMILES string of the molecule is CNC(=O)CCCCI.CNC(=O)CCOCCOCCOCCI.CNC(=O)NCCCCCCCBr.CNC(=O)OCCCCCCCl.CNC(=O)OCCOCCOCCOCCBr.CNCCCCCCCl.CNCCCCl.COC(=O)CCCI.COC(=O)OCCCCCBr.COCCCCCBr.COCCCCCCCCBr.COCCI. The average Bonchev–Trinajstić information content (AvgIpc) is 1.15. The molecule has 0 heterocycles. The van der Waals surface area contributed by atoms with Gasteiger partial charge in [0, 0.05) is 153 Å². The number of alkyl carbamates (subject to hydrolysis) is 2. The van der Waals surface area contributed by atoms with Gasteiger partial charge in [0.25, 0.3) is 0 Å². The highest BCUT2D eigenvalue weighted by Gasteiger charge is 2.03. The minimum Gasteiger partial charge on any atom is -0.469 e. The predicted molar refractivity (Wildman–Crippen MR) is 575 cm³/mol. The maximum atomic E-state index is 10.8. The third kappa shape index (κ3) is 201. The number of ether oxygens (including phenoxy) is 14. The Labute approximate surface area is 871 Å². The van der Waals surface area contributed by atoms with Crippen molar-refractivity contribution in [3.8, 4) is 0 Å². The zero-order chi connectivity index (χ0) is 96.6. The molecular formula is C84H174Br5Cl3I4N8O21. The largest absolute Gasteiger partial charge is 0.507 e. The molecule has 0 atom stereocenters. The number of carbonyl (C=O) groups is 7. The summed E-state index contributed by atoms with van der Waals surface area (Å²) in [6.45, 7) is 13.6. The molecule has 0 aliphatic heterocycles. The molecule has 0 aromatic rings. The highest BCUT2D eigenvalue weighted by molar-refractivity contribution is 14.1. The van der Waals surface area contributed by atoms with Gasteiger partial charge in [-0.15, -0.1) is 34.8 Å². The minimum absolute atomic E-state index is 0.00637. The predicted octanol–water partition coefficient (Wildman–Crippen LogP) is 20.3. The zero-order valence-electron chi connectivity index (χ0n) is 78.6. The lowest BCUT2D eigenvalue weighted by Crippen LogP contribution is -2.33. The lowest BCUT2D eigenvalue weighted by molar-refractivity contribution is -0.140. The number of hydrogen-bond acceptors (Lipinski definition) is 23. The molecule has 41 heteroatoms. The van der Waals surface area contributed by atoms with Gasteiger partial charge in [-0.05, 0) is 141 Å². The molecule has 0 fully saturated rings. The molecule has 0 rings (SSSR count). The highest BCUT2D eigenvalue weighted by Crippen LogP contribution is 2.08. The quantitative estimate of drug-likeness (QED) is 0.00922. The Kier molecular flexibility index (Phi) is 197. The van der Waals surface area contributed by atoms with Gasteiger partial charge in [0.2, 0.25) is 11.8 Å². The van der Waals surface area contributed by atoms with Crippen molar-refractivity contribution < 1.29 is 99.9 Å². The molecule has 760 valence electrons. The second kappa shape index (κ2) is 162. The summed E-state index contributed by atoms with van der Waals surface area (Å²) in [7, 11) is 19.8. The molecule has 0 saturated carbocycles. The van der Waals surface area contributed by atoms with Gasteiger partial charge < -0.3 is 109 Å². The van der Waals surface area contributed by atoms with E-state index in [2.05, 4.69) is 231 Å². The first-order valence-corrected chi connectivity index (χ1v) is 56.8. The standard InChI is InChI=1S/C10H20BrNO5.C10H20INO4.C9H19BrN2O.C9H19BrO.C8H16ClNO2.C7H13BrO3.C7H16ClN.C6H13BrO.C6H12INO.C5H9IO2.C4H10ClN.C3H7IO/c1-12-10(13)17-9-8-16-7-6-15-5-4-14-3-2-11;1-12-10(13)2-4-14-6-8-16-9-7-15-5-3-11;1-11-9(13)12-8-6-4-2-3-5-7-10;1-11-9-7-5-3-2-4-6-8-10;1-10-8(11)12-7-5-3-2-4-6-9;1-10-7(9)11-6-4-2-3-5-8;1-9-7-5-3-2-4-6-8;1-8-6-4-2-3-5-7;1-8-6(9)4-2-3-5-7;1-8-5(7)3-2-4-6;1-6-4-2-3-5;1-5-3-2-4/h2-9H2,1H3,(H,12,13);2-9H2,1H3,(H,12,13);2-8H2,1H3,(H2,11,12,13);2-9H2,1H3;2-7H2,1H3,(H,10,11);2-6H2,1H3;9H,2-7H2,1H3;2-6H2,1H3;2-5H2,1H3,(H,8,9);2-4H2,1H3;6H,2-4H2,1H3;2-3H2,1H3. The first-order valence-electron chi connectivity index (χ1n) is 43.5. The van der Waals surface area contributed by atoms with E-state index >= 15 is 0 Å². The smallest absolute Gasteiger partial charge is 0.469 e. The molecule has 0 bridgehead atoms. The third-order valence-electron chi connectivity index (χ3n) is 14.5. The van der Waals surface area contributed by atoms with E-state index < -0.39 is 12.2 Å². The molecule has 125 heavy (non-hydrogen) atoms. The van der Waals surface area contributed by atoms with Crippen molar-refractivity contribution >= 4 is 247 Å². The maximum absolute atomic E-state index is 10.8. The highest BCUT2D eigenvalue weighted by atomic mass is 127. The van der Waals surface area contributed by atoms with Crippen LogP contribution in [0.25, 0.3) is 0 Å². The van der Waals surface area contributed by atoms with Gasteiger partial charge in [-0.1, -0.05) is 247 Å². The van der Waals surface area contributed by atoms with Crippen molar-refractivity contribution in [2.24, 2.45) is 0 Å². The molecule has 0 spiro atoms. The maximum Gasteiger partial charge on any atom is 0.507 e. The first kappa shape index (κ1) is 152. The van der Waals surface area contributed by atoms with Gasteiger partial charge in [-0.2, -0.15) is 0 Å². The van der Waals surface area contributed by atoms with Gasteiger partial charge in [0.05, 0.1) is 113 Å². The van der Waals surface area contributed by atoms with Crippen molar-refractivity contribution in [1.82, 2.24) is 42.5 Å². The summed E-state index contributed by atoms with van der Waals surface area (Å²) >= 11 is 42.1. The van der Waals surface area contributed by atoms with E-state index in [1.54, 1.807) is 49.5 Å². The van der Waals surface area contributed by atoms with E-state index in [0.29, 0.717) is 105 Å². The van der Waals surface area contributed by atoms with E-state index in [9.17, 15) is 33.6 Å². The number of nitrogens with one attached hydrogen (secondary N) is 8. The van der Waals surface area contributed by atoms with Crippen LogP contribution in [-0.4, -0.2) is 328 Å². The number of halogens is 12. The van der Waals surface area contributed by atoms with E-state index in [4.69, 9.17) is 82.2 Å². The Morgan fingerprint density at radius 1 is 0.272 bits per heavy atom. The average molecular weight is 2650 g/mol. The lowest BCUT2D eigenvalue weighted by Gasteiger charge is -2.06. The number of methoxy groups -OCH3 is 5. The fourth-order valence-corrected chi connectivity index (χ4v) is 11.6. The van der Waals surface area contributed by atoms with E-state index in [0.717, 1.165) is 185 Å². The summed E-state index contributed by atoms with van der Waals surface area (Å²) in [6.07, 6.45) is 34.5. The number of hydrogen-bond donors (Lipinski definition) is 8. The molecule has 0 aliphatic carbocycles. The summed E-state index contributed by atoms with van der Waals surface area (Å²) in [5.41, 5.74) is 0. The molecule has 0 unspecified atom stereocenters. The Morgan fingerprint density at radius 2 is 0.616 bits per heavy atom. The molecule has 8 N–H and O–H groups in total. The van der Waals surface area contributed by atoms with Crippen molar-refractivity contribution in [3.63, 3.8) is 0 Å². The minimum atomic E-state index is -0.594. The second-order valence-corrected chi connectivity index (χ2v) is 34.5. The van der Waals surface area contributed by atoms with Gasteiger partial charge in [-0.25, -0.2) is 19.2 Å². The summed E-state index contributed by atoms with van der Waals surface area (Å²) in [5.74, 6) is 2.34. The molecule has 6 amide bonds. The van der Waals surface area contributed by atoms with Crippen LogP contribution in [0.5, 0.6) is 0 Å². The molecule has 0 aromatic carbocycles. The van der Waals surface area contributed by atoms with E-state index in [-0.39, 0.29) is 36.5 Å². The molecule has 0 aliphatic rings. The van der Waals surface area contributed by atoms with Crippen LogP contribution in [0.4, 0.5) is 19.2 Å². The van der Waals surface area contributed by atoms with Crippen LogP contribution in [0, 0.1) is 0 Å². The first-order chi connectivity index (χ1) is 60.7. The summed E-state index contributed by atoms with van der Waals surface area (Å²) in [4.78, 5) is 74.0. The Balaban J connectivity index is -0.000000113. The molecule has 0 radical (unpaired) electrons. The summed E-state index contributed by atoms with van der Waals surface area (Å²) in [6, 6.07) is -0.0829. The molecular weight excluding hydrogens is 2470 g/mol. The molecule has 0 aromatic heterocycles. The number of carbonyl (C=O) groups excluding carboxylic acids is 7. The van der Waals surface area contributed by atoms with Crippen LogP contribution in [0.15, 0.2) is 0 Å². The van der Waals surface area contributed by atoms with Gasteiger partial charge in [-0.3, -0.25) is 14.4 Å². The Bertz CT molecular complexity index is 1950. The Morgan fingerprint density at radius 3 is 0.968 bits per heavy atom. The van der Waals surface area contributed by atoms with Crippen molar-refractivity contribution in [3.05, 3.63) is 0 Å². The monoisotopic (exact) mass is 2640 g/mol. The van der Waals surface area contributed by atoms with Gasteiger partial charge in [0.1, 0.15) is 6.61 Å². The number of alkyl halides is 12. The van der Waals surface area contributed by atoms with Crippen LogP contribution in [0.1, 0.15) is 205 Å². The van der Waals surface area contributed by atoms with Crippen LogP contribution in [0.2, 0.25) is 0 Å². The fraction of sp³-hybridized carbons (Fsp3) is 0.917. The number of amides is 6. The topological polar surface area (TPSA) is 345 Å². The number of urea groups is 1. The van der Waals surface area contributed by atoms with E-state index in [1.165, 1.54) is 130 Å². The lowest BCUT2D eigenvalue weighted by atomic mass is 10.1. The van der Waals surface area contributed by atoms with Gasteiger partial charge >= 0.3 is 30.3 Å². The van der Waals surface area contributed by atoms with Crippen LogP contribution < -0.4 is 42.5 Å². The third-order valence-corrected chi connectivity index (χ3v) is 20.3. The fourth-order valence-electron chi connectivity index (χ4n) is 7.62. The second-order valence-electron chi connectivity index (χ2n) is 25.1. The summed E-state index contributed by atoms with van der Waals surface area (Å²) in [5, 5.41) is 26.4.